The fourth-order valence-corrected chi connectivity index (χ4v) is 3.98. The van der Waals surface area contributed by atoms with Gasteiger partial charge in [0.05, 0.1) is 5.56 Å². The standard InChI is InChI=1S/C24H16F8O2/c1-11-4-12-2-3-13(6-14(12)5-11)15-7-17(25)21(18(26)8-15)23(29)33-16-9-19(27)22(20(28)10-16)34-24(30,31)32/h2-3,6-11,23H,4-5H2,1H3. The molecule has 0 bridgehead atoms. The average molecular weight is 488 g/mol. The Bertz CT molecular complexity index is 1190. The number of halogens is 8. The molecule has 0 aliphatic heterocycles. The van der Waals surface area contributed by atoms with Crippen molar-refractivity contribution in [3.63, 3.8) is 0 Å². The van der Waals surface area contributed by atoms with Gasteiger partial charge in [-0.1, -0.05) is 25.1 Å². The fraction of sp³-hybridized carbons (Fsp3) is 0.250. The third-order valence-electron chi connectivity index (χ3n) is 5.41. The average Bonchev–Trinajstić information content (AvgIpc) is 3.08. The molecule has 0 fully saturated rings. The highest BCUT2D eigenvalue weighted by molar-refractivity contribution is 5.66. The molecule has 0 spiro atoms. The molecule has 2 unspecified atom stereocenters. The van der Waals surface area contributed by atoms with Gasteiger partial charge in [-0.3, -0.25) is 0 Å². The fourth-order valence-electron chi connectivity index (χ4n) is 3.98. The topological polar surface area (TPSA) is 18.5 Å². The summed E-state index contributed by atoms with van der Waals surface area (Å²) in [4.78, 5) is 0. The van der Waals surface area contributed by atoms with Crippen molar-refractivity contribution >= 4 is 0 Å². The van der Waals surface area contributed by atoms with Gasteiger partial charge < -0.3 is 9.47 Å². The lowest BCUT2D eigenvalue weighted by molar-refractivity contribution is -0.276. The molecule has 1 aliphatic rings. The van der Waals surface area contributed by atoms with E-state index in [1.54, 1.807) is 6.07 Å². The molecule has 0 heterocycles. The zero-order valence-electron chi connectivity index (χ0n) is 17.5. The number of hydrogen-bond donors (Lipinski definition) is 0. The monoisotopic (exact) mass is 488 g/mol. The number of fused-ring (bicyclic) bond motifs is 1. The molecular weight excluding hydrogens is 472 g/mol. The summed E-state index contributed by atoms with van der Waals surface area (Å²) in [5.74, 6) is -8.57. The van der Waals surface area contributed by atoms with E-state index in [0.29, 0.717) is 11.5 Å². The van der Waals surface area contributed by atoms with Gasteiger partial charge in [-0.15, -0.1) is 13.2 Å². The van der Waals surface area contributed by atoms with Gasteiger partial charge in [0, 0.05) is 12.1 Å². The first kappa shape index (κ1) is 23.8. The van der Waals surface area contributed by atoms with E-state index < -0.39 is 53.1 Å². The van der Waals surface area contributed by atoms with E-state index >= 15 is 0 Å². The number of rotatable bonds is 5. The molecule has 3 aromatic rings. The van der Waals surface area contributed by atoms with Crippen LogP contribution < -0.4 is 9.47 Å². The molecule has 1 aliphatic carbocycles. The van der Waals surface area contributed by atoms with Crippen molar-refractivity contribution in [3.8, 4) is 22.6 Å². The van der Waals surface area contributed by atoms with E-state index in [1.165, 1.54) is 0 Å². The first-order valence-corrected chi connectivity index (χ1v) is 10.1. The molecule has 180 valence electrons. The summed E-state index contributed by atoms with van der Waals surface area (Å²) in [6.45, 7) is 2.09. The van der Waals surface area contributed by atoms with Gasteiger partial charge in [0.25, 0.3) is 6.36 Å². The molecule has 0 amide bonds. The van der Waals surface area contributed by atoms with Crippen LogP contribution in [0.3, 0.4) is 0 Å². The summed E-state index contributed by atoms with van der Waals surface area (Å²) < 4.78 is 116. The first-order chi connectivity index (χ1) is 15.9. The van der Waals surface area contributed by atoms with Crippen LogP contribution in [-0.4, -0.2) is 6.36 Å². The van der Waals surface area contributed by atoms with Gasteiger partial charge >= 0.3 is 6.36 Å². The Labute approximate surface area is 188 Å². The molecule has 2 nitrogen and oxygen atoms in total. The largest absolute Gasteiger partial charge is 0.573 e. The Morgan fingerprint density at radius 2 is 1.38 bits per heavy atom. The lowest BCUT2D eigenvalue weighted by Crippen LogP contribution is -2.19. The zero-order chi connectivity index (χ0) is 24.8. The molecule has 2 atom stereocenters. The normalized spacial score (nSPS) is 16.3. The predicted octanol–water partition coefficient (Wildman–Crippen LogP) is 7.59. The molecule has 0 aromatic heterocycles. The lowest BCUT2D eigenvalue weighted by atomic mass is 9.99. The minimum atomic E-state index is -5.38. The molecule has 0 radical (unpaired) electrons. The second kappa shape index (κ2) is 8.81. The Morgan fingerprint density at radius 1 is 0.794 bits per heavy atom. The van der Waals surface area contributed by atoms with Crippen molar-refractivity contribution in [2.75, 3.05) is 0 Å². The SMILES string of the molecule is CC1Cc2ccc(-c3cc(F)c(C(F)Oc4cc(F)c(OC(F)(F)F)c(F)c4)c(F)c3)cc2C1. The predicted molar refractivity (Wildman–Crippen MR) is 106 cm³/mol. The van der Waals surface area contributed by atoms with Gasteiger partial charge in [0.2, 0.25) is 5.75 Å². The minimum absolute atomic E-state index is 0.152. The first-order valence-electron chi connectivity index (χ1n) is 10.1. The molecule has 4 rings (SSSR count). The molecular formula is C24H16F8O2. The van der Waals surface area contributed by atoms with E-state index in [9.17, 15) is 35.1 Å². The maximum atomic E-state index is 14.6. The van der Waals surface area contributed by atoms with Gasteiger partial charge in [0.1, 0.15) is 17.4 Å². The smallest absolute Gasteiger partial charge is 0.456 e. The van der Waals surface area contributed by atoms with Crippen molar-refractivity contribution in [3.05, 3.63) is 82.4 Å². The molecule has 0 saturated heterocycles. The third-order valence-corrected chi connectivity index (χ3v) is 5.41. The van der Waals surface area contributed by atoms with Crippen LogP contribution in [0.4, 0.5) is 35.1 Å². The zero-order valence-corrected chi connectivity index (χ0v) is 17.5. The van der Waals surface area contributed by atoms with Gasteiger partial charge in [-0.05, 0) is 53.1 Å². The Morgan fingerprint density at radius 3 is 1.97 bits per heavy atom. The second-order valence-electron chi connectivity index (χ2n) is 8.05. The van der Waals surface area contributed by atoms with E-state index in [1.807, 2.05) is 12.1 Å². The summed E-state index contributed by atoms with van der Waals surface area (Å²) in [5, 5.41) is 0. The van der Waals surface area contributed by atoms with Crippen molar-refractivity contribution < 1.29 is 44.6 Å². The quantitative estimate of drug-likeness (QED) is 0.345. The van der Waals surface area contributed by atoms with Crippen LogP contribution >= 0.6 is 0 Å². The van der Waals surface area contributed by atoms with Gasteiger partial charge in [-0.2, -0.15) is 4.39 Å². The van der Waals surface area contributed by atoms with Crippen LogP contribution in [0.25, 0.3) is 11.1 Å². The summed E-state index contributed by atoms with van der Waals surface area (Å²) in [6, 6.07) is 7.58. The summed E-state index contributed by atoms with van der Waals surface area (Å²) in [7, 11) is 0. The van der Waals surface area contributed by atoms with E-state index in [2.05, 4.69) is 16.4 Å². The van der Waals surface area contributed by atoms with Crippen LogP contribution in [0.2, 0.25) is 0 Å². The highest BCUT2D eigenvalue weighted by atomic mass is 19.4. The molecule has 10 heteroatoms. The summed E-state index contributed by atoms with van der Waals surface area (Å²) in [5.41, 5.74) is 1.73. The lowest BCUT2D eigenvalue weighted by Gasteiger charge is -2.16. The van der Waals surface area contributed by atoms with Gasteiger partial charge in [0.15, 0.2) is 11.6 Å². The highest BCUT2D eigenvalue weighted by Crippen LogP contribution is 2.36. The number of ether oxygens (including phenoxy) is 2. The van der Waals surface area contributed by atoms with Crippen molar-refractivity contribution in [2.45, 2.75) is 32.5 Å². The van der Waals surface area contributed by atoms with Crippen molar-refractivity contribution in [2.24, 2.45) is 5.92 Å². The summed E-state index contributed by atoms with van der Waals surface area (Å²) >= 11 is 0. The van der Waals surface area contributed by atoms with Crippen LogP contribution in [-0.2, 0) is 12.8 Å². The number of hydrogen-bond acceptors (Lipinski definition) is 2. The van der Waals surface area contributed by atoms with Crippen LogP contribution in [0.5, 0.6) is 11.5 Å². The molecule has 0 saturated carbocycles. The number of alkyl halides is 4. The van der Waals surface area contributed by atoms with Crippen LogP contribution in [0, 0.1) is 29.2 Å². The highest BCUT2D eigenvalue weighted by Gasteiger charge is 2.34. The Balaban J connectivity index is 1.58. The van der Waals surface area contributed by atoms with Crippen LogP contribution in [0.1, 0.15) is 30.0 Å². The number of benzene rings is 3. The maximum Gasteiger partial charge on any atom is 0.573 e. The molecule has 34 heavy (non-hydrogen) atoms. The Kier molecular flexibility index (Phi) is 6.18. The summed E-state index contributed by atoms with van der Waals surface area (Å²) in [6.07, 6.45) is -6.49. The Hall–Kier alpha value is -3.30. The van der Waals surface area contributed by atoms with E-state index in [4.69, 9.17) is 0 Å². The maximum absolute atomic E-state index is 14.6. The molecule has 3 aromatic carbocycles. The molecule has 0 N–H and O–H groups in total. The van der Waals surface area contributed by atoms with E-state index in [-0.39, 0.29) is 17.7 Å². The minimum Gasteiger partial charge on any atom is -0.456 e. The van der Waals surface area contributed by atoms with Gasteiger partial charge in [-0.25, -0.2) is 17.6 Å². The van der Waals surface area contributed by atoms with E-state index in [0.717, 1.165) is 36.1 Å². The van der Waals surface area contributed by atoms with Crippen LogP contribution in [0.15, 0.2) is 42.5 Å². The third kappa shape index (κ3) is 4.95. The van der Waals surface area contributed by atoms with Crippen molar-refractivity contribution in [1.82, 2.24) is 0 Å². The van der Waals surface area contributed by atoms with Crippen molar-refractivity contribution in [1.29, 1.82) is 0 Å². The second-order valence-corrected chi connectivity index (χ2v) is 8.05.